The van der Waals surface area contributed by atoms with Crippen molar-refractivity contribution in [2.45, 2.75) is 13.8 Å². The van der Waals surface area contributed by atoms with Crippen LogP contribution in [0.3, 0.4) is 0 Å². The highest BCUT2D eigenvalue weighted by molar-refractivity contribution is 5.84. The van der Waals surface area contributed by atoms with Gasteiger partial charge >= 0.3 is 0 Å². The van der Waals surface area contributed by atoms with Crippen LogP contribution in [0.5, 0.6) is 0 Å². The average molecular weight is 150 g/mol. The zero-order valence-corrected chi connectivity index (χ0v) is 7.26. The molecule has 0 aromatic rings. The van der Waals surface area contributed by atoms with E-state index in [0.29, 0.717) is 5.92 Å². The van der Waals surface area contributed by atoms with E-state index in [0.717, 1.165) is 5.57 Å². The molecule has 0 unspecified atom stereocenters. The van der Waals surface area contributed by atoms with Gasteiger partial charge < -0.3 is 5.73 Å². The maximum Gasteiger partial charge on any atom is 0.0578 e. The molecule has 0 spiro atoms. The minimum Gasteiger partial charge on any atom is -0.404 e. The molecule has 60 valence electrons. The van der Waals surface area contributed by atoms with Gasteiger partial charge in [0.2, 0.25) is 0 Å². The lowest BCUT2D eigenvalue weighted by Gasteiger charge is -1.88. The smallest absolute Gasteiger partial charge is 0.0578 e. The molecule has 0 rings (SSSR count). The first kappa shape index (κ1) is 9.77. The standard InChI is InChI=1S/C9H14N2/c1-8(2)4-5-9(6-10)7-11-3/h6-8H,10H2,1-3H3. The van der Waals surface area contributed by atoms with Gasteiger partial charge in [0.15, 0.2) is 0 Å². The van der Waals surface area contributed by atoms with Crippen molar-refractivity contribution < 1.29 is 0 Å². The highest BCUT2D eigenvalue weighted by Crippen LogP contribution is 1.89. The Kier molecular flexibility index (Phi) is 4.93. The van der Waals surface area contributed by atoms with Crippen LogP contribution in [0.4, 0.5) is 0 Å². The lowest BCUT2D eigenvalue weighted by atomic mass is 10.2. The minimum absolute atomic E-state index is 0.371. The number of hydrogen-bond donors (Lipinski definition) is 1. The summed E-state index contributed by atoms with van der Waals surface area (Å²) in [7, 11) is 1.69. The Balaban J connectivity index is 4.25. The van der Waals surface area contributed by atoms with E-state index >= 15 is 0 Å². The Morgan fingerprint density at radius 1 is 1.55 bits per heavy atom. The highest BCUT2D eigenvalue weighted by Gasteiger charge is 1.84. The number of nitrogens with zero attached hydrogens (tertiary/aromatic N) is 1. The molecule has 2 N–H and O–H groups in total. The topological polar surface area (TPSA) is 38.4 Å². The number of hydrogen-bond acceptors (Lipinski definition) is 2. The summed E-state index contributed by atoms with van der Waals surface area (Å²) >= 11 is 0. The Morgan fingerprint density at radius 2 is 2.18 bits per heavy atom. The minimum atomic E-state index is 0.371. The fraction of sp³-hybridized carbons (Fsp3) is 0.444. The van der Waals surface area contributed by atoms with Gasteiger partial charge in [-0.2, -0.15) is 0 Å². The molecule has 0 aliphatic carbocycles. The van der Waals surface area contributed by atoms with Gasteiger partial charge in [-0.15, -0.1) is 0 Å². The number of nitrogens with two attached hydrogens (primary N) is 1. The molecule has 2 heteroatoms. The molecule has 0 bridgehead atoms. The maximum absolute atomic E-state index is 5.29. The third-order valence-electron chi connectivity index (χ3n) is 0.953. The Labute approximate surface area is 68.2 Å². The molecule has 11 heavy (non-hydrogen) atoms. The third-order valence-corrected chi connectivity index (χ3v) is 0.953. The van der Waals surface area contributed by atoms with Crippen molar-refractivity contribution >= 4 is 6.21 Å². The molecule has 0 aliphatic heterocycles. The average Bonchev–Trinajstić information content (AvgIpc) is 1.97. The van der Waals surface area contributed by atoms with Crippen LogP contribution in [-0.4, -0.2) is 13.3 Å². The zero-order valence-electron chi connectivity index (χ0n) is 7.26. The van der Waals surface area contributed by atoms with Crippen LogP contribution in [0.1, 0.15) is 13.8 Å². The lowest BCUT2D eigenvalue weighted by molar-refractivity contribution is 0.867. The van der Waals surface area contributed by atoms with E-state index in [1.165, 1.54) is 6.20 Å². The van der Waals surface area contributed by atoms with E-state index < -0.39 is 0 Å². The lowest BCUT2D eigenvalue weighted by Crippen LogP contribution is -1.88. The van der Waals surface area contributed by atoms with E-state index in [4.69, 9.17) is 5.73 Å². The second-order valence-corrected chi connectivity index (χ2v) is 2.43. The van der Waals surface area contributed by atoms with Crippen LogP contribution in [0.25, 0.3) is 0 Å². The predicted octanol–water partition coefficient (Wildman–Crippen LogP) is 1.19. The molecule has 0 fully saturated rings. The van der Waals surface area contributed by atoms with Gasteiger partial charge in [-0.1, -0.05) is 25.7 Å². The number of aliphatic imine (C=N–C) groups is 1. The first-order valence-electron chi connectivity index (χ1n) is 3.56. The Hall–Kier alpha value is -1.23. The van der Waals surface area contributed by atoms with Crippen LogP contribution in [0.15, 0.2) is 16.8 Å². The second-order valence-electron chi connectivity index (χ2n) is 2.43. The monoisotopic (exact) mass is 150 g/mol. The van der Waals surface area contributed by atoms with Gasteiger partial charge in [0.25, 0.3) is 0 Å². The van der Waals surface area contributed by atoms with Crippen LogP contribution in [0.2, 0.25) is 0 Å². The highest BCUT2D eigenvalue weighted by atomic mass is 14.6. The normalized spacial score (nSPS) is 11.8. The fourth-order valence-electron chi connectivity index (χ4n) is 0.484. The first-order valence-corrected chi connectivity index (χ1v) is 3.56. The fourth-order valence-corrected chi connectivity index (χ4v) is 0.484. The summed E-state index contributed by atoms with van der Waals surface area (Å²) in [6.45, 7) is 4.06. The summed E-state index contributed by atoms with van der Waals surface area (Å²) < 4.78 is 0. The van der Waals surface area contributed by atoms with Crippen molar-refractivity contribution in [3.63, 3.8) is 0 Å². The summed E-state index contributed by atoms with van der Waals surface area (Å²) in [4.78, 5) is 3.81. The third kappa shape index (κ3) is 5.23. The van der Waals surface area contributed by atoms with Crippen LogP contribution < -0.4 is 5.73 Å². The van der Waals surface area contributed by atoms with Gasteiger partial charge in [-0.05, 0) is 0 Å². The molecule has 0 heterocycles. The van der Waals surface area contributed by atoms with E-state index in [1.54, 1.807) is 13.3 Å². The van der Waals surface area contributed by atoms with E-state index in [-0.39, 0.29) is 0 Å². The molecule has 0 radical (unpaired) electrons. The van der Waals surface area contributed by atoms with Crippen LogP contribution >= 0.6 is 0 Å². The van der Waals surface area contributed by atoms with Crippen molar-refractivity contribution in [2.75, 3.05) is 7.05 Å². The molecule has 0 saturated heterocycles. The van der Waals surface area contributed by atoms with Gasteiger partial charge in [-0.3, -0.25) is 4.99 Å². The Morgan fingerprint density at radius 3 is 2.55 bits per heavy atom. The maximum atomic E-state index is 5.29. The van der Waals surface area contributed by atoms with E-state index in [2.05, 4.69) is 16.8 Å². The quantitative estimate of drug-likeness (QED) is 0.442. The van der Waals surface area contributed by atoms with Crippen LogP contribution in [-0.2, 0) is 0 Å². The molecule has 0 saturated carbocycles. The van der Waals surface area contributed by atoms with E-state index in [1.807, 2.05) is 13.8 Å². The molecular formula is C9H14N2. The molecule has 0 atom stereocenters. The van der Waals surface area contributed by atoms with Crippen molar-refractivity contribution in [3.8, 4) is 11.8 Å². The summed E-state index contributed by atoms with van der Waals surface area (Å²) in [5.41, 5.74) is 6.05. The molecular weight excluding hydrogens is 136 g/mol. The predicted molar refractivity (Wildman–Crippen MR) is 49.3 cm³/mol. The van der Waals surface area contributed by atoms with Gasteiger partial charge in [-0.25, -0.2) is 0 Å². The zero-order chi connectivity index (χ0) is 8.69. The van der Waals surface area contributed by atoms with Gasteiger partial charge in [0.1, 0.15) is 0 Å². The number of allylic oxidation sites excluding steroid dienone is 1. The second kappa shape index (κ2) is 5.55. The number of rotatable bonds is 1. The van der Waals surface area contributed by atoms with Crippen molar-refractivity contribution in [3.05, 3.63) is 11.8 Å². The van der Waals surface area contributed by atoms with Gasteiger partial charge in [0, 0.05) is 25.4 Å². The molecule has 0 aliphatic rings. The van der Waals surface area contributed by atoms with Crippen molar-refractivity contribution in [2.24, 2.45) is 16.6 Å². The molecule has 0 aromatic heterocycles. The summed E-state index contributed by atoms with van der Waals surface area (Å²) in [5.74, 6) is 6.27. The van der Waals surface area contributed by atoms with Crippen LogP contribution in [0, 0.1) is 17.8 Å². The van der Waals surface area contributed by atoms with Crippen molar-refractivity contribution in [1.29, 1.82) is 0 Å². The summed E-state index contributed by atoms with van der Waals surface area (Å²) in [5, 5.41) is 0. The molecule has 0 aromatic carbocycles. The molecule has 2 nitrogen and oxygen atoms in total. The first-order chi connectivity index (χ1) is 5.20. The Bertz CT molecular complexity index is 213. The van der Waals surface area contributed by atoms with Gasteiger partial charge in [0.05, 0.1) is 5.57 Å². The van der Waals surface area contributed by atoms with Crippen molar-refractivity contribution in [1.82, 2.24) is 0 Å². The molecule has 0 amide bonds. The van der Waals surface area contributed by atoms with E-state index in [9.17, 15) is 0 Å². The largest absolute Gasteiger partial charge is 0.404 e. The summed E-state index contributed by atoms with van der Waals surface area (Å²) in [6, 6.07) is 0. The summed E-state index contributed by atoms with van der Waals surface area (Å²) in [6.07, 6.45) is 3.11. The SMILES string of the molecule is CN=CC(C#CC(C)C)=CN.